The van der Waals surface area contributed by atoms with Crippen molar-refractivity contribution in [2.75, 3.05) is 17.6 Å². The fraction of sp³-hybridized carbons (Fsp3) is 0.222. The molecule has 1 amide bonds. The summed E-state index contributed by atoms with van der Waals surface area (Å²) >= 11 is 0. The number of hydrogen-bond acceptors (Lipinski definition) is 3. The molecule has 0 heterocycles. The molecule has 0 spiro atoms. The number of nitrogen functional groups attached to an aromatic ring is 1. The van der Waals surface area contributed by atoms with Gasteiger partial charge in [-0.1, -0.05) is 0 Å². The van der Waals surface area contributed by atoms with Gasteiger partial charge in [-0.05, 0) is 30.7 Å². The normalized spacial score (nSPS) is 9.62. The first kappa shape index (κ1) is 9.38. The molecule has 1 aromatic rings. The van der Waals surface area contributed by atoms with Gasteiger partial charge >= 0.3 is 0 Å². The first-order valence-corrected chi connectivity index (χ1v) is 3.98. The SMILES string of the molecule is Cc1cc(NCC(N)=O)ccc1N. The van der Waals surface area contributed by atoms with Crippen LogP contribution in [-0.4, -0.2) is 12.5 Å². The van der Waals surface area contributed by atoms with Crippen LogP contribution in [0.2, 0.25) is 0 Å². The largest absolute Gasteiger partial charge is 0.399 e. The molecule has 4 heteroatoms. The van der Waals surface area contributed by atoms with Crippen molar-refractivity contribution in [1.29, 1.82) is 0 Å². The maximum Gasteiger partial charge on any atom is 0.236 e. The number of nitrogens with two attached hydrogens (primary N) is 2. The third-order valence-corrected chi connectivity index (χ3v) is 1.74. The third-order valence-electron chi connectivity index (χ3n) is 1.74. The number of rotatable bonds is 3. The summed E-state index contributed by atoms with van der Waals surface area (Å²) in [5, 5.41) is 2.88. The average Bonchev–Trinajstić information content (AvgIpc) is 2.07. The molecule has 5 N–H and O–H groups in total. The predicted octanol–water partition coefficient (Wildman–Crippen LogP) is 0.474. The molecule has 1 rings (SSSR count). The Balaban J connectivity index is 2.68. The molecule has 1 aromatic carbocycles. The second kappa shape index (κ2) is 3.80. The number of anilines is 2. The van der Waals surface area contributed by atoms with Crippen LogP contribution in [0.3, 0.4) is 0 Å². The fourth-order valence-electron chi connectivity index (χ4n) is 0.975. The van der Waals surface area contributed by atoms with Gasteiger partial charge in [0.05, 0.1) is 6.54 Å². The van der Waals surface area contributed by atoms with Gasteiger partial charge in [-0.25, -0.2) is 0 Å². The van der Waals surface area contributed by atoms with Crippen molar-refractivity contribution in [2.24, 2.45) is 5.73 Å². The van der Waals surface area contributed by atoms with E-state index in [9.17, 15) is 4.79 Å². The van der Waals surface area contributed by atoms with E-state index in [1.54, 1.807) is 6.07 Å². The average molecular weight is 179 g/mol. The van der Waals surface area contributed by atoms with E-state index in [1.807, 2.05) is 19.1 Å². The van der Waals surface area contributed by atoms with Crippen molar-refractivity contribution in [2.45, 2.75) is 6.92 Å². The molecule has 0 saturated heterocycles. The number of amides is 1. The summed E-state index contributed by atoms with van der Waals surface area (Å²) in [5.74, 6) is -0.380. The highest BCUT2D eigenvalue weighted by Crippen LogP contribution is 2.15. The lowest BCUT2D eigenvalue weighted by atomic mass is 10.2. The van der Waals surface area contributed by atoms with Crippen LogP contribution in [0.4, 0.5) is 11.4 Å². The molecular weight excluding hydrogens is 166 g/mol. The van der Waals surface area contributed by atoms with Gasteiger partial charge in [0.1, 0.15) is 0 Å². The number of aryl methyl sites for hydroxylation is 1. The van der Waals surface area contributed by atoms with E-state index in [4.69, 9.17) is 11.5 Å². The molecule has 0 aromatic heterocycles. The van der Waals surface area contributed by atoms with Gasteiger partial charge in [-0.3, -0.25) is 4.79 Å². The molecule has 0 unspecified atom stereocenters. The lowest BCUT2D eigenvalue weighted by Gasteiger charge is -2.06. The molecule has 70 valence electrons. The van der Waals surface area contributed by atoms with Crippen molar-refractivity contribution < 1.29 is 4.79 Å². The summed E-state index contributed by atoms with van der Waals surface area (Å²) in [5.41, 5.74) is 13.2. The Labute approximate surface area is 76.9 Å². The summed E-state index contributed by atoms with van der Waals surface area (Å²) in [4.78, 5) is 10.5. The molecule has 0 atom stereocenters. The quantitative estimate of drug-likeness (QED) is 0.590. The molecule has 13 heavy (non-hydrogen) atoms. The number of nitrogens with one attached hydrogen (secondary N) is 1. The standard InChI is InChI=1S/C9H13N3O/c1-6-4-7(2-3-8(6)10)12-5-9(11)13/h2-4,12H,5,10H2,1H3,(H2,11,13). The number of carbonyl (C=O) groups excluding carboxylic acids is 1. The number of hydrogen-bond donors (Lipinski definition) is 3. The monoisotopic (exact) mass is 179 g/mol. The molecular formula is C9H13N3O. The molecule has 0 bridgehead atoms. The fourth-order valence-corrected chi connectivity index (χ4v) is 0.975. The molecule has 0 saturated carbocycles. The van der Waals surface area contributed by atoms with E-state index in [2.05, 4.69) is 5.32 Å². The zero-order chi connectivity index (χ0) is 9.84. The summed E-state index contributed by atoms with van der Waals surface area (Å²) in [6.07, 6.45) is 0. The first-order chi connectivity index (χ1) is 6.09. The zero-order valence-corrected chi connectivity index (χ0v) is 7.50. The van der Waals surface area contributed by atoms with Crippen molar-refractivity contribution in [1.82, 2.24) is 0 Å². The molecule has 0 radical (unpaired) electrons. The highest BCUT2D eigenvalue weighted by atomic mass is 16.1. The molecule has 0 fully saturated rings. The van der Waals surface area contributed by atoms with Crippen LogP contribution in [-0.2, 0) is 4.79 Å². The van der Waals surface area contributed by atoms with Gasteiger partial charge in [0, 0.05) is 11.4 Å². The molecule has 0 aliphatic carbocycles. The predicted molar refractivity (Wildman–Crippen MR) is 53.3 cm³/mol. The molecule has 0 aliphatic heterocycles. The lowest BCUT2D eigenvalue weighted by Crippen LogP contribution is -2.21. The summed E-state index contributed by atoms with van der Waals surface area (Å²) in [6.45, 7) is 2.05. The minimum atomic E-state index is -0.380. The van der Waals surface area contributed by atoms with Gasteiger partial charge < -0.3 is 16.8 Å². The summed E-state index contributed by atoms with van der Waals surface area (Å²) in [7, 11) is 0. The Morgan fingerprint density at radius 1 is 1.54 bits per heavy atom. The third kappa shape index (κ3) is 2.66. The van der Waals surface area contributed by atoms with Crippen molar-refractivity contribution in [3.05, 3.63) is 23.8 Å². The van der Waals surface area contributed by atoms with Gasteiger partial charge in [0.2, 0.25) is 5.91 Å². The minimum Gasteiger partial charge on any atom is -0.399 e. The Morgan fingerprint density at radius 2 is 2.23 bits per heavy atom. The highest BCUT2D eigenvalue weighted by molar-refractivity contribution is 5.79. The Morgan fingerprint density at radius 3 is 2.77 bits per heavy atom. The first-order valence-electron chi connectivity index (χ1n) is 3.98. The van der Waals surface area contributed by atoms with Crippen LogP contribution in [0.15, 0.2) is 18.2 Å². The van der Waals surface area contributed by atoms with E-state index in [1.165, 1.54) is 0 Å². The second-order valence-corrected chi connectivity index (χ2v) is 2.89. The number of benzene rings is 1. The van der Waals surface area contributed by atoms with Crippen molar-refractivity contribution in [3.63, 3.8) is 0 Å². The van der Waals surface area contributed by atoms with Gasteiger partial charge in [0.25, 0.3) is 0 Å². The van der Waals surface area contributed by atoms with Gasteiger partial charge in [0.15, 0.2) is 0 Å². The lowest BCUT2D eigenvalue weighted by molar-refractivity contribution is -0.116. The van der Waals surface area contributed by atoms with Crippen LogP contribution in [0.25, 0.3) is 0 Å². The Hall–Kier alpha value is -1.71. The van der Waals surface area contributed by atoms with Crippen LogP contribution < -0.4 is 16.8 Å². The smallest absolute Gasteiger partial charge is 0.236 e. The van der Waals surface area contributed by atoms with E-state index in [0.29, 0.717) is 0 Å². The van der Waals surface area contributed by atoms with Gasteiger partial charge in [-0.15, -0.1) is 0 Å². The Bertz CT molecular complexity index is 323. The van der Waals surface area contributed by atoms with Crippen molar-refractivity contribution in [3.8, 4) is 0 Å². The molecule has 0 aliphatic rings. The second-order valence-electron chi connectivity index (χ2n) is 2.89. The van der Waals surface area contributed by atoms with Crippen LogP contribution >= 0.6 is 0 Å². The maximum atomic E-state index is 10.5. The number of carbonyl (C=O) groups is 1. The highest BCUT2D eigenvalue weighted by Gasteiger charge is 1.97. The maximum absolute atomic E-state index is 10.5. The van der Waals surface area contributed by atoms with E-state index in [-0.39, 0.29) is 12.5 Å². The minimum absolute atomic E-state index is 0.142. The zero-order valence-electron chi connectivity index (χ0n) is 7.50. The van der Waals surface area contributed by atoms with Crippen molar-refractivity contribution >= 4 is 17.3 Å². The van der Waals surface area contributed by atoms with E-state index >= 15 is 0 Å². The summed E-state index contributed by atoms with van der Waals surface area (Å²) < 4.78 is 0. The Kier molecular flexibility index (Phi) is 2.74. The summed E-state index contributed by atoms with van der Waals surface area (Å²) in [6, 6.07) is 5.47. The molecule has 4 nitrogen and oxygen atoms in total. The van der Waals surface area contributed by atoms with Crippen LogP contribution in [0, 0.1) is 6.92 Å². The van der Waals surface area contributed by atoms with Crippen LogP contribution in [0.5, 0.6) is 0 Å². The topological polar surface area (TPSA) is 81.1 Å². The van der Waals surface area contributed by atoms with E-state index in [0.717, 1.165) is 16.9 Å². The van der Waals surface area contributed by atoms with E-state index < -0.39 is 0 Å². The van der Waals surface area contributed by atoms with Crippen LogP contribution in [0.1, 0.15) is 5.56 Å². The number of primary amides is 1. The van der Waals surface area contributed by atoms with Gasteiger partial charge in [-0.2, -0.15) is 0 Å².